The molecular formula is C16H19NO3S. The molecule has 1 amide bonds. The highest BCUT2D eigenvalue weighted by Gasteiger charge is 2.40. The first-order chi connectivity index (χ1) is 10.1. The van der Waals surface area contributed by atoms with Gasteiger partial charge in [0.15, 0.2) is 0 Å². The first-order valence-electron chi connectivity index (χ1n) is 7.35. The summed E-state index contributed by atoms with van der Waals surface area (Å²) in [4.78, 5) is 25.4. The van der Waals surface area contributed by atoms with E-state index in [1.165, 1.54) is 11.3 Å². The molecule has 1 N–H and O–H groups in total. The van der Waals surface area contributed by atoms with Crippen LogP contribution in [-0.4, -0.2) is 18.5 Å². The van der Waals surface area contributed by atoms with E-state index in [0.29, 0.717) is 29.0 Å². The van der Waals surface area contributed by atoms with Gasteiger partial charge in [0.05, 0.1) is 12.2 Å². The second-order valence-electron chi connectivity index (χ2n) is 5.70. The van der Waals surface area contributed by atoms with Crippen LogP contribution in [0.25, 0.3) is 0 Å². The molecule has 21 heavy (non-hydrogen) atoms. The van der Waals surface area contributed by atoms with Crippen molar-refractivity contribution in [1.82, 2.24) is 0 Å². The molecule has 1 aromatic heterocycles. The summed E-state index contributed by atoms with van der Waals surface area (Å²) < 4.78 is 5.04. The van der Waals surface area contributed by atoms with E-state index in [4.69, 9.17) is 4.74 Å². The van der Waals surface area contributed by atoms with Crippen LogP contribution < -0.4 is 5.32 Å². The number of fused-ring (bicyclic) bond motifs is 2. The van der Waals surface area contributed by atoms with E-state index >= 15 is 0 Å². The van der Waals surface area contributed by atoms with E-state index in [0.717, 1.165) is 17.7 Å². The highest BCUT2D eigenvalue weighted by molar-refractivity contribution is 7.16. The Morgan fingerprint density at radius 2 is 2.19 bits per heavy atom. The zero-order valence-electron chi connectivity index (χ0n) is 12.2. The number of amides is 1. The molecule has 0 aromatic carbocycles. The maximum Gasteiger partial charge on any atom is 0.341 e. The Bertz CT molecular complexity index is 605. The van der Waals surface area contributed by atoms with Gasteiger partial charge in [0.2, 0.25) is 5.91 Å². The molecule has 1 saturated carbocycles. The molecule has 3 rings (SSSR count). The number of nitrogens with one attached hydrogen (secondary N) is 1. The highest BCUT2D eigenvalue weighted by Crippen LogP contribution is 2.44. The standard InChI is InChI=1S/C16H19NO3S/c1-3-20-16(19)13-6-9(2)21-15(13)17-14(18)12-8-10-4-5-11(12)7-10/h4-6,10-12H,3,7-8H2,1-2H3,(H,17,18). The molecule has 0 saturated heterocycles. The number of carbonyl (C=O) groups is 2. The fourth-order valence-electron chi connectivity index (χ4n) is 3.25. The lowest BCUT2D eigenvalue weighted by molar-refractivity contribution is -0.120. The van der Waals surface area contributed by atoms with Crippen LogP contribution in [0.5, 0.6) is 0 Å². The molecule has 2 aliphatic rings. The van der Waals surface area contributed by atoms with E-state index in [1.807, 2.05) is 6.92 Å². The maximum absolute atomic E-state index is 12.5. The number of hydrogen-bond acceptors (Lipinski definition) is 4. The van der Waals surface area contributed by atoms with E-state index in [2.05, 4.69) is 17.5 Å². The molecule has 1 aromatic rings. The minimum absolute atomic E-state index is 0.0271. The summed E-state index contributed by atoms with van der Waals surface area (Å²) in [6.45, 7) is 4.03. The first kappa shape index (κ1) is 14.3. The molecule has 0 spiro atoms. The Balaban J connectivity index is 1.74. The average Bonchev–Trinajstić information content (AvgIpc) is 3.14. The van der Waals surface area contributed by atoms with Gasteiger partial charge in [-0.3, -0.25) is 4.79 Å². The molecule has 1 heterocycles. The topological polar surface area (TPSA) is 55.4 Å². The van der Waals surface area contributed by atoms with E-state index < -0.39 is 0 Å². The number of ether oxygens (including phenoxy) is 1. The molecular weight excluding hydrogens is 286 g/mol. The predicted octanol–water partition coefficient (Wildman–Crippen LogP) is 3.38. The van der Waals surface area contributed by atoms with Crippen LogP contribution in [0, 0.1) is 24.7 Å². The van der Waals surface area contributed by atoms with Gasteiger partial charge in [0.25, 0.3) is 0 Å². The van der Waals surface area contributed by atoms with E-state index in [-0.39, 0.29) is 17.8 Å². The summed E-state index contributed by atoms with van der Waals surface area (Å²) in [5.74, 6) is 0.615. The third-order valence-electron chi connectivity index (χ3n) is 4.20. The number of anilines is 1. The highest BCUT2D eigenvalue weighted by atomic mass is 32.1. The molecule has 2 bridgehead atoms. The average molecular weight is 305 g/mol. The summed E-state index contributed by atoms with van der Waals surface area (Å²) in [6, 6.07) is 1.78. The number of rotatable bonds is 4. The van der Waals surface area contributed by atoms with Gasteiger partial charge in [0, 0.05) is 10.8 Å². The molecule has 112 valence electrons. The van der Waals surface area contributed by atoms with Crippen LogP contribution in [0.1, 0.15) is 35.0 Å². The lowest BCUT2D eigenvalue weighted by Crippen LogP contribution is -2.26. The third-order valence-corrected chi connectivity index (χ3v) is 5.17. The minimum atomic E-state index is -0.370. The number of carbonyl (C=O) groups excluding carboxylic acids is 2. The van der Waals surface area contributed by atoms with Crippen LogP contribution >= 0.6 is 11.3 Å². The molecule has 3 unspecified atom stereocenters. The van der Waals surface area contributed by atoms with Gasteiger partial charge in [-0.25, -0.2) is 4.79 Å². The Morgan fingerprint density at radius 3 is 2.81 bits per heavy atom. The van der Waals surface area contributed by atoms with Crippen LogP contribution in [0.15, 0.2) is 18.2 Å². The maximum atomic E-state index is 12.5. The van der Waals surface area contributed by atoms with Crippen molar-refractivity contribution in [3.8, 4) is 0 Å². The van der Waals surface area contributed by atoms with Crippen molar-refractivity contribution in [3.05, 3.63) is 28.7 Å². The zero-order chi connectivity index (χ0) is 15.0. The van der Waals surface area contributed by atoms with Gasteiger partial charge >= 0.3 is 5.97 Å². The van der Waals surface area contributed by atoms with Gasteiger partial charge in [-0.1, -0.05) is 12.2 Å². The van der Waals surface area contributed by atoms with Crippen molar-refractivity contribution < 1.29 is 14.3 Å². The summed E-state index contributed by atoms with van der Waals surface area (Å²) in [5, 5.41) is 3.56. The molecule has 4 nitrogen and oxygen atoms in total. The van der Waals surface area contributed by atoms with Crippen molar-refractivity contribution in [1.29, 1.82) is 0 Å². The van der Waals surface area contributed by atoms with E-state index in [1.54, 1.807) is 13.0 Å². The summed E-state index contributed by atoms with van der Waals surface area (Å²) in [5.41, 5.74) is 0.464. The fraction of sp³-hybridized carbons (Fsp3) is 0.500. The van der Waals surface area contributed by atoms with Gasteiger partial charge < -0.3 is 10.1 Å². The number of allylic oxidation sites excluding steroid dienone is 2. The zero-order valence-corrected chi connectivity index (χ0v) is 13.0. The largest absolute Gasteiger partial charge is 0.462 e. The lowest BCUT2D eigenvalue weighted by atomic mass is 9.93. The van der Waals surface area contributed by atoms with Crippen molar-refractivity contribution >= 4 is 28.2 Å². The normalized spacial score (nSPS) is 26.1. The van der Waals surface area contributed by atoms with Gasteiger partial charge in [-0.2, -0.15) is 0 Å². The molecule has 2 aliphatic carbocycles. The Morgan fingerprint density at radius 1 is 1.38 bits per heavy atom. The quantitative estimate of drug-likeness (QED) is 0.685. The molecule has 0 aliphatic heterocycles. The van der Waals surface area contributed by atoms with Crippen LogP contribution in [0.4, 0.5) is 5.00 Å². The second-order valence-corrected chi connectivity index (χ2v) is 6.95. The van der Waals surface area contributed by atoms with Crippen molar-refractivity contribution in [2.75, 3.05) is 11.9 Å². The molecule has 0 radical (unpaired) electrons. The summed E-state index contributed by atoms with van der Waals surface area (Å²) in [7, 11) is 0. The van der Waals surface area contributed by atoms with Crippen LogP contribution in [0.3, 0.4) is 0 Å². The summed E-state index contributed by atoms with van der Waals surface area (Å²) >= 11 is 1.42. The Labute approximate surface area is 128 Å². The fourth-order valence-corrected chi connectivity index (χ4v) is 4.16. The minimum Gasteiger partial charge on any atom is -0.462 e. The Hall–Kier alpha value is -1.62. The van der Waals surface area contributed by atoms with E-state index in [9.17, 15) is 9.59 Å². The third kappa shape index (κ3) is 2.75. The second kappa shape index (κ2) is 5.64. The lowest BCUT2D eigenvalue weighted by Gasteiger charge is -2.17. The molecule has 5 heteroatoms. The predicted molar refractivity (Wildman–Crippen MR) is 82.5 cm³/mol. The van der Waals surface area contributed by atoms with Crippen molar-refractivity contribution in [2.24, 2.45) is 17.8 Å². The number of hydrogen-bond donors (Lipinski definition) is 1. The molecule has 1 fully saturated rings. The smallest absolute Gasteiger partial charge is 0.341 e. The van der Waals surface area contributed by atoms with Crippen LogP contribution in [0.2, 0.25) is 0 Å². The monoisotopic (exact) mass is 305 g/mol. The van der Waals surface area contributed by atoms with Crippen molar-refractivity contribution in [2.45, 2.75) is 26.7 Å². The van der Waals surface area contributed by atoms with Gasteiger partial charge in [0.1, 0.15) is 5.00 Å². The SMILES string of the molecule is CCOC(=O)c1cc(C)sc1NC(=O)C1CC2C=CC1C2. The first-order valence-corrected chi connectivity index (χ1v) is 8.17. The number of esters is 1. The number of aryl methyl sites for hydroxylation is 1. The van der Waals surface area contributed by atoms with Gasteiger partial charge in [-0.05, 0) is 44.6 Å². The summed E-state index contributed by atoms with van der Waals surface area (Å²) in [6.07, 6.45) is 6.39. The van der Waals surface area contributed by atoms with Gasteiger partial charge in [-0.15, -0.1) is 11.3 Å². The van der Waals surface area contributed by atoms with Crippen LogP contribution in [-0.2, 0) is 9.53 Å². The van der Waals surface area contributed by atoms with Crippen molar-refractivity contribution in [3.63, 3.8) is 0 Å². The number of thiophene rings is 1. The molecule has 3 atom stereocenters. The Kier molecular flexibility index (Phi) is 3.85.